The summed E-state index contributed by atoms with van der Waals surface area (Å²) in [7, 11) is 0. The van der Waals surface area contributed by atoms with Gasteiger partial charge in [0, 0.05) is 31.2 Å². The quantitative estimate of drug-likeness (QED) is 0.657. The van der Waals surface area contributed by atoms with Gasteiger partial charge in [0.2, 0.25) is 0 Å². The molecule has 0 atom stereocenters. The Morgan fingerprint density at radius 2 is 1.72 bits per heavy atom. The lowest BCUT2D eigenvalue weighted by molar-refractivity contribution is -0.133. The third-order valence-corrected chi connectivity index (χ3v) is 5.76. The maximum atomic E-state index is 12.6. The molecule has 0 radical (unpaired) electrons. The van der Waals surface area contributed by atoms with E-state index in [9.17, 15) is 4.79 Å². The van der Waals surface area contributed by atoms with Crippen molar-refractivity contribution in [1.29, 1.82) is 0 Å². The lowest BCUT2D eigenvalue weighted by Gasteiger charge is -2.35. The van der Waals surface area contributed by atoms with Gasteiger partial charge in [-0.2, -0.15) is 0 Å². The van der Waals surface area contributed by atoms with Crippen LogP contribution in [-0.4, -0.2) is 53.6 Å². The van der Waals surface area contributed by atoms with E-state index in [-0.39, 0.29) is 12.5 Å². The van der Waals surface area contributed by atoms with Crippen LogP contribution in [0.15, 0.2) is 42.6 Å². The Hall–Kier alpha value is -2.86. The van der Waals surface area contributed by atoms with Gasteiger partial charge in [0.15, 0.2) is 6.61 Å². The second-order valence-corrected chi connectivity index (χ2v) is 7.62. The van der Waals surface area contributed by atoms with E-state index < -0.39 is 0 Å². The molecule has 2 aromatic carbocycles. The average Bonchev–Trinajstić information content (AvgIpc) is 2.75. The molecule has 3 aromatic rings. The molecule has 150 valence electrons. The first-order valence-electron chi connectivity index (χ1n) is 9.65. The molecule has 29 heavy (non-hydrogen) atoms. The molecule has 1 aliphatic heterocycles. The average molecular weight is 411 g/mol. The van der Waals surface area contributed by atoms with Crippen molar-refractivity contribution in [2.45, 2.75) is 13.8 Å². The Bertz CT molecular complexity index is 1020. The number of rotatable bonds is 4. The van der Waals surface area contributed by atoms with E-state index >= 15 is 0 Å². The van der Waals surface area contributed by atoms with E-state index in [0.717, 1.165) is 46.1 Å². The van der Waals surface area contributed by atoms with E-state index in [0.29, 0.717) is 18.8 Å². The number of fused-ring (bicyclic) bond motifs is 1. The maximum absolute atomic E-state index is 12.6. The number of piperazine rings is 1. The first-order valence-corrected chi connectivity index (χ1v) is 10.0. The number of carbonyl (C=O) groups is 1. The van der Waals surface area contributed by atoms with Crippen molar-refractivity contribution in [3.05, 3.63) is 58.7 Å². The summed E-state index contributed by atoms with van der Waals surface area (Å²) in [6.45, 7) is 6.59. The molecule has 1 aromatic heterocycles. The van der Waals surface area contributed by atoms with Crippen LogP contribution in [-0.2, 0) is 4.79 Å². The Morgan fingerprint density at radius 3 is 2.41 bits per heavy atom. The van der Waals surface area contributed by atoms with Crippen LogP contribution in [0, 0.1) is 13.8 Å². The van der Waals surface area contributed by atoms with Gasteiger partial charge in [-0.3, -0.25) is 9.78 Å². The van der Waals surface area contributed by atoms with E-state index in [1.807, 2.05) is 55.1 Å². The Labute approximate surface area is 175 Å². The van der Waals surface area contributed by atoms with Crippen LogP contribution in [0.1, 0.15) is 11.1 Å². The highest BCUT2D eigenvalue weighted by atomic mass is 35.5. The normalized spacial score (nSPS) is 14.3. The number of hydrogen-bond donors (Lipinski definition) is 0. The molecular weight excluding hydrogens is 388 g/mol. The molecule has 0 aliphatic carbocycles. The first-order chi connectivity index (χ1) is 14.0. The fourth-order valence-electron chi connectivity index (χ4n) is 3.51. The van der Waals surface area contributed by atoms with Crippen LogP contribution in [0.4, 0.5) is 5.82 Å². The third kappa shape index (κ3) is 4.27. The topological polar surface area (TPSA) is 58.6 Å². The summed E-state index contributed by atoms with van der Waals surface area (Å²) in [5.74, 6) is 1.50. The summed E-state index contributed by atoms with van der Waals surface area (Å²) < 4.78 is 5.71. The van der Waals surface area contributed by atoms with Gasteiger partial charge in [0.05, 0.1) is 17.2 Å². The van der Waals surface area contributed by atoms with Crippen molar-refractivity contribution >= 4 is 34.4 Å². The second-order valence-electron chi connectivity index (χ2n) is 7.24. The summed E-state index contributed by atoms with van der Waals surface area (Å²) in [4.78, 5) is 25.7. The minimum Gasteiger partial charge on any atom is -0.484 e. The summed E-state index contributed by atoms with van der Waals surface area (Å²) in [5, 5.41) is 0.733. The molecule has 7 heteroatoms. The molecule has 0 unspecified atom stereocenters. The van der Waals surface area contributed by atoms with Crippen molar-refractivity contribution in [2.24, 2.45) is 0 Å². The number of para-hydroxylation sites is 2. The number of aryl methyl sites for hydroxylation is 2. The Balaban J connectivity index is 1.33. The van der Waals surface area contributed by atoms with Crippen molar-refractivity contribution < 1.29 is 9.53 Å². The number of amides is 1. The van der Waals surface area contributed by atoms with Crippen LogP contribution < -0.4 is 9.64 Å². The third-order valence-electron chi connectivity index (χ3n) is 5.16. The summed E-state index contributed by atoms with van der Waals surface area (Å²) in [6, 6.07) is 11.5. The van der Waals surface area contributed by atoms with Gasteiger partial charge in [0.1, 0.15) is 11.6 Å². The number of carbonyl (C=O) groups excluding carboxylic acids is 1. The molecule has 1 fully saturated rings. The number of benzene rings is 2. The van der Waals surface area contributed by atoms with Crippen LogP contribution in [0.3, 0.4) is 0 Å². The SMILES string of the molecule is Cc1cc(OCC(=O)N2CCN(c3cnc4ccccc4n3)CC2)cc(C)c1Cl. The van der Waals surface area contributed by atoms with Crippen molar-refractivity contribution in [2.75, 3.05) is 37.7 Å². The predicted molar refractivity (Wildman–Crippen MR) is 115 cm³/mol. The minimum atomic E-state index is -0.0144. The molecule has 0 bridgehead atoms. The zero-order valence-electron chi connectivity index (χ0n) is 16.6. The van der Waals surface area contributed by atoms with Gasteiger partial charge in [-0.05, 0) is 49.2 Å². The van der Waals surface area contributed by atoms with Gasteiger partial charge < -0.3 is 14.5 Å². The number of nitrogens with zero attached hydrogens (tertiary/aromatic N) is 4. The van der Waals surface area contributed by atoms with Crippen LogP contribution in [0.2, 0.25) is 5.02 Å². The highest BCUT2D eigenvalue weighted by molar-refractivity contribution is 6.32. The number of aromatic nitrogens is 2. The fraction of sp³-hybridized carbons (Fsp3) is 0.318. The molecule has 1 amide bonds. The summed E-state index contributed by atoms with van der Waals surface area (Å²) in [5.41, 5.74) is 3.65. The zero-order chi connectivity index (χ0) is 20.4. The monoisotopic (exact) mass is 410 g/mol. The van der Waals surface area contributed by atoms with Gasteiger partial charge in [-0.25, -0.2) is 4.98 Å². The van der Waals surface area contributed by atoms with Gasteiger partial charge >= 0.3 is 0 Å². The predicted octanol–water partition coefficient (Wildman–Crippen LogP) is 3.63. The van der Waals surface area contributed by atoms with Gasteiger partial charge in [-0.1, -0.05) is 23.7 Å². The first kappa shape index (κ1) is 19.5. The van der Waals surface area contributed by atoms with Gasteiger partial charge in [0.25, 0.3) is 5.91 Å². The number of hydrogen-bond acceptors (Lipinski definition) is 5. The summed E-state index contributed by atoms with van der Waals surface area (Å²) in [6.07, 6.45) is 1.80. The number of anilines is 1. The van der Waals surface area contributed by atoms with Crippen LogP contribution in [0.5, 0.6) is 5.75 Å². The molecule has 2 heterocycles. The fourth-order valence-corrected chi connectivity index (χ4v) is 3.62. The van der Waals surface area contributed by atoms with E-state index in [1.165, 1.54) is 0 Å². The van der Waals surface area contributed by atoms with E-state index in [4.69, 9.17) is 21.3 Å². The standard InChI is InChI=1S/C22H23ClN4O2/c1-15-11-17(12-16(2)22(15)23)29-14-21(28)27-9-7-26(8-10-27)20-13-24-18-5-3-4-6-19(18)25-20/h3-6,11-13H,7-10,14H2,1-2H3. The van der Waals surface area contributed by atoms with Crippen molar-refractivity contribution in [1.82, 2.24) is 14.9 Å². The van der Waals surface area contributed by atoms with Crippen LogP contribution >= 0.6 is 11.6 Å². The highest BCUT2D eigenvalue weighted by Gasteiger charge is 2.22. The molecule has 0 saturated carbocycles. The molecule has 0 N–H and O–H groups in total. The lowest BCUT2D eigenvalue weighted by Crippen LogP contribution is -2.50. The summed E-state index contributed by atoms with van der Waals surface area (Å²) >= 11 is 6.19. The molecule has 1 saturated heterocycles. The number of ether oxygens (including phenoxy) is 1. The van der Waals surface area contributed by atoms with Crippen LogP contribution in [0.25, 0.3) is 11.0 Å². The number of halogens is 1. The Kier molecular flexibility index (Phi) is 5.53. The molecule has 4 rings (SSSR count). The molecule has 0 spiro atoms. The van der Waals surface area contributed by atoms with E-state index in [1.54, 1.807) is 6.20 Å². The zero-order valence-corrected chi connectivity index (χ0v) is 17.3. The largest absolute Gasteiger partial charge is 0.484 e. The maximum Gasteiger partial charge on any atom is 0.260 e. The van der Waals surface area contributed by atoms with Gasteiger partial charge in [-0.15, -0.1) is 0 Å². The lowest BCUT2D eigenvalue weighted by atomic mass is 10.1. The second kappa shape index (κ2) is 8.25. The van der Waals surface area contributed by atoms with Crippen molar-refractivity contribution in [3.8, 4) is 5.75 Å². The molecule has 1 aliphatic rings. The molecule has 6 nitrogen and oxygen atoms in total. The smallest absolute Gasteiger partial charge is 0.260 e. The van der Waals surface area contributed by atoms with Crippen molar-refractivity contribution in [3.63, 3.8) is 0 Å². The molecular formula is C22H23ClN4O2. The minimum absolute atomic E-state index is 0.0144. The highest BCUT2D eigenvalue weighted by Crippen LogP contribution is 2.26. The van der Waals surface area contributed by atoms with E-state index in [2.05, 4.69) is 9.88 Å². The Morgan fingerprint density at radius 1 is 1.07 bits per heavy atom.